The van der Waals surface area contributed by atoms with Gasteiger partial charge < -0.3 is 30.7 Å². The van der Waals surface area contributed by atoms with Gasteiger partial charge in [0.2, 0.25) is 11.8 Å². The summed E-state index contributed by atoms with van der Waals surface area (Å²) in [5.41, 5.74) is 8.64. The first kappa shape index (κ1) is 36.3. The zero-order chi connectivity index (χ0) is 34.6. The van der Waals surface area contributed by atoms with Crippen molar-refractivity contribution in [1.29, 1.82) is 0 Å². The van der Waals surface area contributed by atoms with Crippen LogP contribution in [0.25, 0.3) is 0 Å². The molecule has 4 rings (SSSR count). The predicted octanol–water partition coefficient (Wildman–Crippen LogP) is 4.21. The largest absolute Gasteiger partial charge is 0.417 e. The van der Waals surface area contributed by atoms with Gasteiger partial charge in [0.1, 0.15) is 6.04 Å². The van der Waals surface area contributed by atoms with Crippen LogP contribution in [0.1, 0.15) is 54.6 Å². The van der Waals surface area contributed by atoms with Crippen molar-refractivity contribution in [2.45, 2.75) is 70.2 Å². The molecule has 0 saturated carbocycles. The molecule has 3 aromatic rings. The third-order valence-electron chi connectivity index (χ3n) is 9.06. The zero-order valence-electron chi connectivity index (χ0n) is 28.0. The Bertz CT molecular complexity index is 1480. The summed E-state index contributed by atoms with van der Waals surface area (Å²) in [6.45, 7) is 4.54. The van der Waals surface area contributed by atoms with Crippen LogP contribution in [0.2, 0.25) is 0 Å². The molecule has 1 saturated heterocycles. The van der Waals surface area contributed by atoms with E-state index in [1.54, 1.807) is 42.3 Å². The second-order valence-electron chi connectivity index (χ2n) is 13.0. The highest BCUT2D eigenvalue weighted by molar-refractivity contribution is 5.96. The van der Waals surface area contributed by atoms with Crippen molar-refractivity contribution >= 4 is 23.9 Å². The predicted molar refractivity (Wildman–Crippen MR) is 184 cm³/mol. The van der Waals surface area contributed by atoms with Crippen LogP contribution in [0, 0.1) is 11.8 Å². The van der Waals surface area contributed by atoms with Crippen LogP contribution in [0.15, 0.2) is 91.0 Å². The van der Waals surface area contributed by atoms with E-state index in [2.05, 4.69) is 5.32 Å². The van der Waals surface area contributed by atoms with Gasteiger partial charge in [-0.2, -0.15) is 0 Å². The number of piperidine rings is 1. The fraction of sp³-hybridized carbons (Fsp3) is 0.421. The number of esters is 1. The molecule has 3 amide bonds. The molecule has 4 N–H and O–H groups in total. The molecule has 0 radical (unpaired) electrons. The lowest BCUT2D eigenvalue weighted by atomic mass is 9.88. The number of amides is 3. The molecule has 0 aromatic heterocycles. The number of nitrogens with two attached hydrogens (primary N) is 1. The van der Waals surface area contributed by atoms with Gasteiger partial charge in [0.15, 0.2) is 0 Å². The Morgan fingerprint density at radius 3 is 1.94 bits per heavy atom. The van der Waals surface area contributed by atoms with E-state index in [0.717, 1.165) is 11.1 Å². The summed E-state index contributed by atoms with van der Waals surface area (Å²) in [5, 5.41) is 14.1. The number of hydrogen-bond acceptors (Lipinski definition) is 7. The van der Waals surface area contributed by atoms with Crippen LogP contribution in [0.4, 0.5) is 4.79 Å². The maximum absolute atomic E-state index is 13.9. The summed E-state index contributed by atoms with van der Waals surface area (Å²) in [7, 11) is 1.59. The van der Waals surface area contributed by atoms with Crippen molar-refractivity contribution in [3.05, 3.63) is 108 Å². The molecule has 0 aliphatic carbocycles. The van der Waals surface area contributed by atoms with E-state index < -0.39 is 36.2 Å². The molecule has 4 atom stereocenters. The van der Waals surface area contributed by atoms with E-state index in [4.69, 9.17) is 10.5 Å². The standard InChI is InChI=1S/C38H48N4O6/c1-26(2)34(36(45)42-21-19-31(20-22-42)41(3)38(47)48-37(46)29-17-11-6-12-18-29)40-35(44)30(23-27-13-7-4-8-14-27)25-33(43)32(39)24-28-15-9-5-10-16-28/h4-18,26,30-34,43H,19-25,39H2,1-3H3,(H,40,44). The molecule has 1 fully saturated rings. The highest BCUT2D eigenvalue weighted by atomic mass is 16.6. The Hall–Kier alpha value is -4.54. The Kier molecular flexibility index (Phi) is 13.3. The lowest BCUT2D eigenvalue weighted by Gasteiger charge is -2.38. The first-order valence-electron chi connectivity index (χ1n) is 16.7. The molecule has 0 spiro atoms. The van der Waals surface area contributed by atoms with Gasteiger partial charge in [-0.05, 0) is 61.3 Å². The van der Waals surface area contributed by atoms with Crippen LogP contribution < -0.4 is 11.1 Å². The number of nitrogens with one attached hydrogen (secondary N) is 1. The summed E-state index contributed by atoms with van der Waals surface area (Å²) in [6, 6.07) is 26.1. The minimum Gasteiger partial charge on any atom is -0.391 e. The van der Waals surface area contributed by atoms with Crippen LogP contribution in [-0.2, 0) is 27.2 Å². The molecule has 1 aliphatic heterocycles. The summed E-state index contributed by atoms with van der Waals surface area (Å²) in [5.74, 6) is -2.02. The van der Waals surface area contributed by atoms with E-state index in [-0.39, 0.29) is 35.8 Å². The summed E-state index contributed by atoms with van der Waals surface area (Å²) < 4.78 is 5.07. The average Bonchev–Trinajstić information content (AvgIpc) is 3.10. The number of aliphatic hydroxyl groups is 1. The highest BCUT2D eigenvalue weighted by Gasteiger charge is 2.35. The Morgan fingerprint density at radius 1 is 0.875 bits per heavy atom. The maximum atomic E-state index is 13.9. The van der Waals surface area contributed by atoms with Crippen molar-refractivity contribution in [3.63, 3.8) is 0 Å². The molecule has 0 bridgehead atoms. The van der Waals surface area contributed by atoms with Crippen LogP contribution in [-0.4, -0.2) is 83.1 Å². The van der Waals surface area contributed by atoms with Crippen molar-refractivity contribution in [3.8, 4) is 0 Å². The molecular formula is C38H48N4O6. The van der Waals surface area contributed by atoms with E-state index >= 15 is 0 Å². The number of likely N-dealkylation sites (tertiary alicyclic amines) is 1. The lowest BCUT2D eigenvalue weighted by Crippen LogP contribution is -2.56. The third-order valence-corrected chi connectivity index (χ3v) is 9.06. The van der Waals surface area contributed by atoms with E-state index in [1.807, 2.05) is 74.5 Å². The Balaban J connectivity index is 1.36. The second kappa shape index (κ2) is 17.6. The lowest BCUT2D eigenvalue weighted by molar-refractivity contribution is -0.140. The minimum atomic E-state index is -0.927. The topological polar surface area (TPSA) is 142 Å². The van der Waals surface area contributed by atoms with Gasteiger partial charge in [0.05, 0.1) is 11.7 Å². The van der Waals surface area contributed by atoms with Gasteiger partial charge in [0, 0.05) is 38.1 Å². The van der Waals surface area contributed by atoms with Crippen molar-refractivity contribution in [1.82, 2.24) is 15.1 Å². The summed E-state index contributed by atoms with van der Waals surface area (Å²) >= 11 is 0. The second-order valence-corrected chi connectivity index (χ2v) is 13.0. The van der Waals surface area contributed by atoms with Gasteiger partial charge >= 0.3 is 12.1 Å². The fourth-order valence-electron chi connectivity index (χ4n) is 6.06. The van der Waals surface area contributed by atoms with Gasteiger partial charge in [-0.3, -0.25) is 9.59 Å². The number of nitrogens with zero attached hydrogens (tertiary/aromatic N) is 2. The Labute approximate surface area is 283 Å². The quantitative estimate of drug-likeness (QED) is 0.185. The summed E-state index contributed by atoms with van der Waals surface area (Å²) in [4.78, 5) is 55.8. The number of carbonyl (C=O) groups excluding carboxylic acids is 4. The number of aliphatic hydroxyl groups excluding tert-OH is 1. The monoisotopic (exact) mass is 656 g/mol. The maximum Gasteiger partial charge on any atom is 0.417 e. The first-order valence-corrected chi connectivity index (χ1v) is 16.7. The normalized spacial score (nSPS) is 16.0. The van der Waals surface area contributed by atoms with Crippen LogP contribution in [0.3, 0.4) is 0 Å². The zero-order valence-corrected chi connectivity index (χ0v) is 28.0. The SMILES string of the molecule is CC(C)C(NC(=O)C(Cc1ccccc1)CC(O)C(N)Cc1ccccc1)C(=O)N1CCC(N(C)C(=O)OC(=O)c2ccccc2)CC1. The number of hydrogen-bond donors (Lipinski definition) is 3. The average molecular weight is 657 g/mol. The van der Waals surface area contributed by atoms with E-state index in [0.29, 0.717) is 38.8 Å². The van der Waals surface area contributed by atoms with Gasteiger partial charge in [-0.1, -0.05) is 92.7 Å². The van der Waals surface area contributed by atoms with Crippen molar-refractivity contribution in [2.75, 3.05) is 20.1 Å². The molecule has 1 heterocycles. The number of ether oxygens (including phenoxy) is 1. The Morgan fingerprint density at radius 2 is 1.40 bits per heavy atom. The molecule has 10 nitrogen and oxygen atoms in total. The first-order chi connectivity index (χ1) is 23.0. The number of carbonyl (C=O) groups is 4. The molecular weight excluding hydrogens is 608 g/mol. The van der Waals surface area contributed by atoms with Gasteiger partial charge in [0.25, 0.3) is 0 Å². The smallest absolute Gasteiger partial charge is 0.391 e. The molecule has 10 heteroatoms. The summed E-state index contributed by atoms with van der Waals surface area (Å²) in [6.07, 6.45) is 0.339. The molecule has 48 heavy (non-hydrogen) atoms. The molecule has 4 unspecified atom stereocenters. The minimum absolute atomic E-state index is 0.147. The van der Waals surface area contributed by atoms with E-state index in [1.165, 1.54) is 4.90 Å². The molecule has 3 aromatic carbocycles. The fourth-order valence-corrected chi connectivity index (χ4v) is 6.06. The molecule has 1 aliphatic rings. The van der Waals surface area contributed by atoms with Gasteiger partial charge in [-0.15, -0.1) is 0 Å². The molecule has 256 valence electrons. The van der Waals surface area contributed by atoms with E-state index in [9.17, 15) is 24.3 Å². The van der Waals surface area contributed by atoms with Crippen LogP contribution >= 0.6 is 0 Å². The van der Waals surface area contributed by atoms with Crippen molar-refractivity contribution in [2.24, 2.45) is 17.6 Å². The third kappa shape index (κ3) is 10.2. The highest BCUT2D eigenvalue weighted by Crippen LogP contribution is 2.22. The number of benzene rings is 3. The van der Waals surface area contributed by atoms with Crippen LogP contribution in [0.5, 0.6) is 0 Å². The number of rotatable bonds is 13. The van der Waals surface area contributed by atoms with Gasteiger partial charge in [-0.25, -0.2) is 9.59 Å². The van der Waals surface area contributed by atoms with Crippen molar-refractivity contribution < 1.29 is 29.0 Å².